The second-order valence-electron chi connectivity index (χ2n) is 10.7. The fourth-order valence-electron chi connectivity index (χ4n) is 5.47. The molecule has 3 aromatic rings. The Balaban J connectivity index is 1.41. The van der Waals surface area contributed by atoms with E-state index in [4.69, 9.17) is 4.74 Å². The molecule has 1 aliphatic rings. The maximum atomic E-state index is 15.1. The molecular formula is C35H41F3O. The Kier molecular flexibility index (Phi) is 10.8. The molecule has 1 unspecified atom stereocenters. The number of halogens is 3. The monoisotopic (exact) mass is 534 g/mol. The zero-order chi connectivity index (χ0) is 27.6. The second kappa shape index (κ2) is 14.5. The van der Waals surface area contributed by atoms with Crippen molar-refractivity contribution < 1.29 is 17.9 Å². The number of allylic oxidation sites excluding steroid dienone is 2. The molecule has 0 aromatic heterocycles. The third-order valence-electron chi connectivity index (χ3n) is 7.88. The first-order valence-electron chi connectivity index (χ1n) is 14.7. The average Bonchev–Trinajstić information content (AvgIpc) is 2.96. The van der Waals surface area contributed by atoms with Crippen molar-refractivity contribution in [2.45, 2.75) is 78.1 Å². The number of hydrogen-bond donors (Lipinski definition) is 0. The molecule has 0 N–H and O–H groups in total. The quantitative estimate of drug-likeness (QED) is 0.198. The Morgan fingerprint density at radius 3 is 2.13 bits per heavy atom. The minimum Gasteiger partial charge on any atom is -0.381 e. The molecule has 0 saturated carbocycles. The summed E-state index contributed by atoms with van der Waals surface area (Å²) in [5.74, 6) is -1.28. The fraction of sp³-hybridized carbons (Fsp3) is 0.429. The van der Waals surface area contributed by atoms with Gasteiger partial charge in [0.25, 0.3) is 0 Å². The lowest BCUT2D eigenvalue weighted by molar-refractivity contribution is 0.107. The molecule has 4 heteroatoms. The van der Waals surface area contributed by atoms with E-state index in [-0.39, 0.29) is 11.4 Å². The standard InChI is InChI=1S/C35H41F3O/c1-3-5-6-7-8-9-10-29-19-22-32(35(38)34(29)37)28-17-15-26(16-18-28)30-20-21-31(33(36)23-30)27-13-11-25(12-14-27)24-39-4-2/h13,15-23,25H,3-12,14,24H2,1-2H3. The fourth-order valence-corrected chi connectivity index (χ4v) is 5.47. The minimum atomic E-state index is -0.800. The summed E-state index contributed by atoms with van der Waals surface area (Å²) in [4.78, 5) is 0. The van der Waals surface area contributed by atoms with Gasteiger partial charge in [-0.2, -0.15) is 0 Å². The number of unbranched alkanes of at least 4 members (excludes halogenated alkanes) is 5. The average molecular weight is 535 g/mol. The zero-order valence-electron chi connectivity index (χ0n) is 23.4. The lowest BCUT2D eigenvalue weighted by Gasteiger charge is -2.22. The predicted molar refractivity (Wildman–Crippen MR) is 156 cm³/mol. The van der Waals surface area contributed by atoms with Crippen molar-refractivity contribution in [3.8, 4) is 22.3 Å². The van der Waals surface area contributed by atoms with Crippen molar-refractivity contribution >= 4 is 5.57 Å². The van der Waals surface area contributed by atoms with Crippen LogP contribution in [0.15, 0.2) is 60.7 Å². The Morgan fingerprint density at radius 1 is 0.744 bits per heavy atom. The number of ether oxygens (including phenoxy) is 1. The van der Waals surface area contributed by atoms with Gasteiger partial charge < -0.3 is 4.74 Å². The molecule has 0 fully saturated rings. The molecule has 0 aliphatic heterocycles. The van der Waals surface area contributed by atoms with Gasteiger partial charge in [0.2, 0.25) is 0 Å². The first-order valence-corrected chi connectivity index (χ1v) is 14.7. The van der Waals surface area contributed by atoms with Gasteiger partial charge in [0.05, 0.1) is 0 Å². The van der Waals surface area contributed by atoms with Crippen LogP contribution >= 0.6 is 0 Å². The van der Waals surface area contributed by atoms with Crippen LogP contribution in [0.1, 0.15) is 82.8 Å². The van der Waals surface area contributed by atoms with E-state index in [1.54, 1.807) is 30.3 Å². The van der Waals surface area contributed by atoms with Crippen LogP contribution in [0, 0.1) is 23.4 Å². The van der Waals surface area contributed by atoms with Gasteiger partial charge in [-0.25, -0.2) is 13.2 Å². The van der Waals surface area contributed by atoms with Crippen molar-refractivity contribution in [2.75, 3.05) is 13.2 Å². The van der Waals surface area contributed by atoms with E-state index in [1.807, 2.05) is 31.2 Å². The van der Waals surface area contributed by atoms with Gasteiger partial charge in [-0.15, -0.1) is 0 Å². The van der Waals surface area contributed by atoms with E-state index < -0.39 is 11.6 Å². The van der Waals surface area contributed by atoms with Gasteiger partial charge in [0, 0.05) is 24.3 Å². The molecule has 0 amide bonds. The van der Waals surface area contributed by atoms with Gasteiger partial charge in [0.1, 0.15) is 5.82 Å². The minimum absolute atomic E-state index is 0.236. The predicted octanol–water partition coefficient (Wildman–Crippen LogP) is 10.6. The third kappa shape index (κ3) is 7.63. The molecule has 0 saturated heterocycles. The molecule has 1 atom stereocenters. The van der Waals surface area contributed by atoms with Crippen LogP contribution in [-0.2, 0) is 11.2 Å². The number of benzene rings is 3. The highest BCUT2D eigenvalue weighted by Gasteiger charge is 2.18. The van der Waals surface area contributed by atoms with E-state index >= 15 is 4.39 Å². The molecule has 1 nitrogen and oxygen atoms in total. The highest BCUT2D eigenvalue weighted by Crippen LogP contribution is 2.34. The Bertz CT molecular complexity index is 1250. The van der Waals surface area contributed by atoms with Crippen molar-refractivity contribution in [3.63, 3.8) is 0 Å². The summed E-state index contributed by atoms with van der Waals surface area (Å²) < 4.78 is 50.4. The molecule has 0 heterocycles. The van der Waals surface area contributed by atoms with Gasteiger partial charge in [-0.05, 0) is 78.8 Å². The highest BCUT2D eigenvalue weighted by molar-refractivity contribution is 5.74. The molecule has 39 heavy (non-hydrogen) atoms. The summed E-state index contributed by atoms with van der Waals surface area (Å²) in [6.45, 7) is 5.67. The topological polar surface area (TPSA) is 9.23 Å². The third-order valence-corrected chi connectivity index (χ3v) is 7.88. The van der Waals surface area contributed by atoms with Crippen LogP contribution in [0.2, 0.25) is 0 Å². The van der Waals surface area contributed by atoms with E-state index in [0.29, 0.717) is 29.0 Å². The summed E-state index contributed by atoms with van der Waals surface area (Å²) in [7, 11) is 0. The molecular weight excluding hydrogens is 493 g/mol. The Hall–Kier alpha value is -2.85. The Morgan fingerprint density at radius 2 is 1.44 bits per heavy atom. The lowest BCUT2D eigenvalue weighted by Crippen LogP contribution is -2.12. The molecule has 3 aromatic carbocycles. The summed E-state index contributed by atoms with van der Waals surface area (Å²) in [5.41, 5.74) is 4.60. The van der Waals surface area contributed by atoms with Crippen molar-refractivity contribution in [2.24, 2.45) is 5.92 Å². The van der Waals surface area contributed by atoms with Crippen LogP contribution in [0.25, 0.3) is 27.8 Å². The summed E-state index contributed by atoms with van der Waals surface area (Å²) in [6, 6.07) is 15.9. The molecule has 0 radical (unpaired) electrons. The zero-order valence-corrected chi connectivity index (χ0v) is 23.4. The molecule has 0 spiro atoms. The molecule has 4 rings (SSSR count). The molecule has 208 valence electrons. The smallest absolute Gasteiger partial charge is 0.166 e. The SMILES string of the molecule is CCCCCCCCc1ccc(-c2ccc(-c3ccc(C4=CCC(COCC)CC4)c(F)c3)cc2)c(F)c1F. The van der Waals surface area contributed by atoms with E-state index in [9.17, 15) is 8.78 Å². The second-order valence-corrected chi connectivity index (χ2v) is 10.7. The van der Waals surface area contributed by atoms with Gasteiger partial charge >= 0.3 is 0 Å². The first kappa shape index (κ1) is 29.1. The number of hydrogen-bond acceptors (Lipinski definition) is 1. The van der Waals surface area contributed by atoms with E-state index in [1.165, 1.54) is 19.3 Å². The first-order chi connectivity index (χ1) is 19.0. The van der Waals surface area contributed by atoms with Crippen molar-refractivity contribution in [1.29, 1.82) is 0 Å². The van der Waals surface area contributed by atoms with Crippen molar-refractivity contribution in [1.82, 2.24) is 0 Å². The molecule has 1 aliphatic carbocycles. The number of aryl methyl sites for hydroxylation is 1. The molecule has 0 bridgehead atoms. The van der Waals surface area contributed by atoms with Gasteiger partial charge in [-0.1, -0.05) is 93.6 Å². The van der Waals surface area contributed by atoms with Crippen molar-refractivity contribution in [3.05, 3.63) is 89.3 Å². The van der Waals surface area contributed by atoms with Crippen LogP contribution in [0.5, 0.6) is 0 Å². The van der Waals surface area contributed by atoms with Crippen LogP contribution in [0.4, 0.5) is 13.2 Å². The van der Waals surface area contributed by atoms with E-state index in [0.717, 1.165) is 68.4 Å². The Labute approximate surface area is 232 Å². The lowest BCUT2D eigenvalue weighted by atomic mass is 9.86. The normalized spacial score (nSPS) is 15.4. The number of rotatable bonds is 13. The van der Waals surface area contributed by atoms with Crippen LogP contribution in [0.3, 0.4) is 0 Å². The summed E-state index contributed by atoms with van der Waals surface area (Å²) >= 11 is 0. The van der Waals surface area contributed by atoms with Crippen LogP contribution < -0.4 is 0 Å². The summed E-state index contributed by atoms with van der Waals surface area (Å²) in [5, 5.41) is 0. The largest absolute Gasteiger partial charge is 0.381 e. The van der Waals surface area contributed by atoms with Crippen LogP contribution in [-0.4, -0.2) is 13.2 Å². The maximum absolute atomic E-state index is 15.1. The maximum Gasteiger partial charge on any atom is 0.166 e. The summed E-state index contributed by atoms with van der Waals surface area (Å²) in [6.07, 6.45) is 12.1. The van der Waals surface area contributed by atoms with Gasteiger partial charge in [-0.3, -0.25) is 0 Å². The van der Waals surface area contributed by atoms with Gasteiger partial charge in [0.15, 0.2) is 11.6 Å². The highest BCUT2D eigenvalue weighted by atomic mass is 19.2. The van der Waals surface area contributed by atoms with E-state index in [2.05, 4.69) is 13.0 Å².